The van der Waals surface area contributed by atoms with Crippen LogP contribution in [0.1, 0.15) is 36.0 Å². The van der Waals surface area contributed by atoms with Gasteiger partial charge < -0.3 is 15.2 Å². The average molecular weight is 335 g/mol. The van der Waals surface area contributed by atoms with Crippen molar-refractivity contribution in [3.05, 3.63) is 58.9 Å². The molecule has 2 rings (SSSR count). The number of aromatic nitrogens is 1. The molecular weight excluding hydrogens is 316 g/mol. The summed E-state index contributed by atoms with van der Waals surface area (Å²) >= 11 is 5.75. The van der Waals surface area contributed by atoms with Gasteiger partial charge in [0.05, 0.1) is 12.2 Å². The van der Waals surface area contributed by atoms with E-state index in [1.807, 2.05) is 19.9 Å². The molecule has 5 nitrogen and oxygen atoms in total. The highest BCUT2D eigenvalue weighted by atomic mass is 35.5. The van der Waals surface area contributed by atoms with Gasteiger partial charge in [0.15, 0.2) is 0 Å². The van der Waals surface area contributed by atoms with Crippen LogP contribution in [0.5, 0.6) is 5.75 Å². The summed E-state index contributed by atoms with van der Waals surface area (Å²) < 4.78 is 5.59. The number of amides is 1. The molecule has 1 unspecified atom stereocenters. The number of ether oxygens (including phenoxy) is 1. The van der Waals surface area contributed by atoms with Crippen molar-refractivity contribution in [3.63, 3.8) is 0 Å². The summed E-state index contributed by atoms with van der Waals surface area (Å²) in [5, 5.41) is 13.1. The number of pyridine rings is 1. The van der Waals surface area contributed by atoms with Crippen molar-refractivity contribution in [2.45, 2.75) is 26.1 Å². The standard InChI is InChI=1S/C17H19ClN2O3/c1-11(2)23-13-6-3-5-12(9-13)15(21)10-19-17(22)14-7-4-8-16(18)20-14/h3-9,11,15,21H,10H2,1-2H3,(H,19,22). The lowest BCUT2D eigenvalue weighted by Gasteiger charge is -2.15. The number of rotatable bonds is 6. The predicted molar refractivity (Wildman–Crippen MR) is 88.7 cm³/mol. The van der Waals surface area contributed by atoms with Crippen molar-refractivity contribution in [1.29, 1.82) is 0 Å². The van der Waals surface area contributed by atoms with Crippen molar-refractivity contribution in [3.8, 4) is 5.75 Å². The zero-order valence-electron chi connectivity index (χ0n) is 13.0. The SMILES string of the molecule is CC(C)Oc1cccc(C(O)CNC(=O)c2cccc(Cl)n2)c1. The second-order valence-corrected chi connectivity index (χ2v) is 5.70. The molecule has 0 aliphatic heterocycles. The maximum absolute atomic E-state index is 12.0. The first kappa shape index (κ1) is 17.2. The summed E-state index contributed by atoms with van der Waals surface area (Å²) in [7, 11) is 0. The van der Waals surface area contributed by atoms with Crippen LogP contribution in [0.15, 0.2) is 42.5 Å². The van der Waals surface area contributed by atoms with Gasteiger partial charge >= 0.3 is 0 Å². The van der Waals surface area contributed by atoms with Crippen LogP contribution in [-0.4, -0.2) is 28.6 Å². The zero-order valence-corrected chi connectivity index (χ0v) is 13.7. The number of hydrogen-bond donors (Lipinski definition) is 2. The minimum Gasteiger partial charge on any atom is -0.491 e. The molecule has 0 spiro atoms. The second kappa shape index (κ2) is 7.94. The molecule has 2 aromatic rings. The summed E-state index contributed by atoms with van der Waals surface area (Å²) in [5.74, 6) is 0.292. The fourth-order valence-corrected chi connectivity index (χ4v) is 2.16. The third-order valence-electron chi connectivity index (χ3n) is 3.02. The molecule has 6 heteroatoms. The molecule has 23 heavy (non-hydrogen) atoms. The highest BCUT2D eigenvalue weighted by molar-refractivity contribution is 6.29. The minimum absolute atomic E-state index is 0.0519. The molecule has 2 N–H and O–H groups in total. The van der Waals surface area contributed by atoms with Crippen molar-refractivity contribution in [2.75, 3.05) is 6.54 Å². The Labute approximate surface area is 140 Å². The summed E-state index contributed by atoms with van der Waals surface area (Å²) in [6, 6.07) is 12.0. The Bertz CT molecular complexity index is 676. The fourth-order valence-electron chi connectivity index (χ4n) is 2.00. The van der Waals surface area contributed by atoms with Crippen LogP contribution < -0.4 is 10.1 Å². The first-order valence-electron chi connectivity index (χ1n) is 7.31. The molecular formula is C17H19ClN2O3. The third kappa shape index (κ3) is 5.23. The van der Waals surface area contributed by atoms with E-state index in [2.05, 4.69) is 10.3 Å². The van der Waals surface area contributed by atoms with Crippen LogP contribution in [-0.2, 0) is 0 Å². The van der Waals surface area contributed by atoms with Gasteiger partial charge in [-0.3, -0.25) is 4.79 Å². The molecule has 1 aromatic carbocycles. The van der Waals surface area contributed by atoms with Crippen LogP contribution >= 0.6 is 11.6 Å². The van der Waals surface area contributed by atoms with Gasteiger partial charge in [-0.1, -0.05) is 29.8 Å². The van der Waals surface area contributed by atoms with Gasteiger partial charge in [0.2, 0.25) is 0 Å². The Morgan fingerprint density at radius 2 is 2.04 bits per heavy atom. The van der Waals surface area contributed by atoms with Crippen LogP contribution in [0, 0.1) is 0 Å². The normalized spacial score (nSPS) is 12.0. The Balaban J connectivity index is 1.96. The van der Waals surface area contributed by atoms with E-state index in [0.717, 1.165) is 0 Å². The maximum atomic E-state index is 12.0. The fraction of sp³-hybridized carbons (Fsp3) is 0.294. The molecule has 122 valence electrons. The molecule has 0 radical (unpaired) electrons. The lowest BCUT2D eigenvalue weighted by Crippen LogP contribution is -2.29. The van der Waals surface area contributed by atoms with E-state index < -0.39 is 6.10 Å². The van der Waals surface area contributed by atoms with Gasteiger partial charge in [0.25, 0.3) is 5.91 Å². The predicted octanol–water partition coefficient (Wildman–Crippen LogP) is 2.99. The van der Waals surface area contributed by atoms with Crippen molar-refractivity contribution < 1.29 is 14.6 Å². The highest BCUT2D eigenvalue weighted by Crippen LogP contribution is 2.20. The Hall–Kier alpha value is -2.11. The van der Waals surface area contributed by atoms with Gasteiger partial charge in [-0.2, -0.15) is 0 Å². The van der Waals surface area contributed by atoms with E-state index in [-0.39, 0.29) is 29.4 Å². The zero-order chi connectivity index (χ0) is 16.8. The van der Waals surface area contributed by atoms with Crippen molar-refractivity contribution in [1.82, 2.24) is 10.3 Å². The van der Waals surface area contributed by atoms with E-state index in [0.29, 0.717) is 11.3 Å². The van der Waals surface area contributed by atoms with Crippen LogP contribution in [0.2, 0.25) is 5.15 Å². The van der Waals surface area contributed by atoms with Crippen molar-refractivity contribution >= 4 is 17.5 Å². The van der Waals surface area contributed by atoms with Crippen LogP contribution in [0.25, 0.3) is 0 Å². The first-order valence-corrected chi connectivity index (χ1v) is 7.69. The van der Waals surface area contributed by atoms with Crippen LogP contribution in [0.3, 0.4) is 0 Å². The molecule has 1 aromatic heterocycles. The van der Waals surface area contributed by atoms with E-state index in [1.54, 1.807) is 36.4 Å². The molecule has 0 aliphatic rings. The van der Waals surface area contributed by atoms with E-state index >= 15 is 0 Å². The number of aliphatic hydroxyl groups is 1. The minimum atomic E-state index is -0.839. The molecule has 1 atom stereocenters. The molecule has 0 saturated heterocycles. The largest absolute Gasteiger partial charge is 0.491 e. The van der Waals surface area contributed by atoms with E-state index in [4.69, 9.17) is 16.3 Å². The molecule has 0 fully saturated rings. The summed E-state index contributed by atoms with van der Waals surface area (Å²) in [6.45, 7) is 3.93. The lowest BCUT2D eigenvalue weighted by molar-refractivity contribution is 0.0911. The molecule has 0 saturated carbocycles. The number of carbonyl (C=O) groups is 1. The maximum Gasteiger partial charge on any atom is 0.270 e. The monoisotopic (exact) mass is 334 g/mol. The molecule has 0 aliphatic carbocycles. The van der Waals surface area contributed by atoms with Gasteiger partial charge in [-0.15, -0.1) is 0 Å². The number of carbonyl (C=O) groups excluding carboxylic acids is 1. The van der Waals surface area contributed by atoms with Gasteiger partial charge in [0, 0.05) is 6.54 Å². The summed E-state index contributed by atoms with van der Waals surface area (Å²) in [5.41, 5.74) is 0.879. The number of nitrogens with one attached hydrogen (secondary N) is 1. The van der Waals surface area contributed by atoms with Gasteiger partial charge in [0.1, 0.15) is 16.6 Å². The molecule has 1 heterocycles. The summed E-state index contributed by atoms with van der Waals surface area (Å²) in [6.07, 6.45) is -0.787. The number of hydrogen-bond acceptors (Lipinski definition) is 4. The summed E-state index contributed by atoms with van der Waals surface area (Å²) in [4.78, 5) is 15.9. The third-order valence-corrected chi connectivity index (χ3v) is 3.23. The number of aliphatic hydroxyl groups excluding tert-OH is 1. The smallest absolute Gasteiger partial charge is 0.270 e. The number of nitrogens with zero attached hydrogens (tertiary/aromatic N) is 1. The molecule has 1 amide bonds. The van der Waals surface area contributed by atoms with E-state index in [9.17, 15) is 9.90 Å². The first-order chi connectivity index (χ1) is 11.0. The van der Waals surface area contributed by atoms with Crippen LogP contribution in [0.4, 0.5) is 0 Å². The van der Waals surface area contributed by atoms with Crippen molar-refractivity contribution in [2.24, 2.45) is 0 Å². The molecule has 0 bridgehead atoms. The average Bonchev–Trinajstić information content (AvgIpc) is 2.52. The lowest BCUT2D eigenvalue weighted by atomic mass is 10.1. The topological polar surface area (TPSA) is 71.5 Å². The Kier molecular flexibility index (Phi) is 5.96. The van der Waals surface area contributed by atoms with Gasteiger partial charge in [-0.25, -0.2) is 4.98 Å². The Morgan fingerprint density at radius 3 is 2.74 bits per heavy atom. The second-order valence-electron chi connectivity index (χ2n) is 5.31. The Morgan fingerprint density at radius 1 is 1.30 bits per heavy atom. The quantitative estimate of drug-likeness (QED) is 0.797. The van der Waals surface area contributed by atoms with Gasteiger partial charge in [-0.05, 0) is 43.7 Å². The number of benzene rings is 1. The highest BCUT2D eigenvalue weighted by Gasteiger charge is 2.13. The number of halogens is 1. The van der Waals surface area contributed by atoms with E-state index in [1.165, 1.54) is 0 Å².